The van der Waals surface area contributed by atoms with Crippen LogP contribution in [0.15, 0.2) is 0 Å². The van der Waals surface area contributed by atoms with E-state index in [0.717, 1.165) is 17.9 Å². The van der Waals surface area contributed by atoms with Crippen molar-refractivity contribution < 1.29 is 0 Å². The predicted octanol–water partition coefficient (Wildman–Crippen LogP) is 1.08. The zero-order chi connectivity index (χ0) is 8.67. The van der Waals surface area contributed by atoms with Crippen LogP contribution in [0.2, 0.25) is 0 Å². The number of rotatable bonds is 2. The SMILES string of the molecule is C1CC(C2CNC2)CN(C2CC2)C1. The monoisotopic (exact) mass is 180 g/mol. The van der Waals surface area contributed by atoms with Crippen molar-refractivity contribution in [2.75, 3.05) is 26.2 Å². The molecule has 0 bridgehead atoms. The maximum Gasteiger partial charge on any atom is 0.00965 e. The summed E-state index contributed by atoms with van der Waals surface area (Å²) in [5.74, 6) is 2.04. The summed E-state index contributed by atoms with van der Waals surface area (Å²) in [5.41, 5.74) is 0. The number of nitrogens with one attached hydrogen (secondary N) is 1. The van der Waals surface area contributed by atoms with Crippen molar-refractivity contribution in [1.82, 2.24) is 10.2 Å². The van der Waals surface area contributed by atoms with Gasteiger partial charge in [-0.25, -0.2) is 0 Å². The minimum absolute atomic E-state index is 0.996. The van der Waals surface area contributed by atoms with Crippen molar-refractivity contribution in [1.29, 1.82) is 0 Å². The molecule has 2 heteroatoms. The predicted molar refractivity (Wildman–Crippen MR) is 53.7 cm³/mol. The first-order chi connectivity index (χ1) is 6.43. The minimum atomic E-state index is 0.996. The molecule has 2 saturated heterocycles. The summed E-state index contributed by atoms with van der Waals surface area (Å²) in [7, 11) is 0. The van der Waals surface area contributed by atoms with E-state index < -0.39 is 0 Å². The van der Waals surface area contributed by atoms with Crippen LogP contribution in [-0.2, 0) is 0 Å². The smallest absolute Gasteiger partial charge is 0.00965 e. The maximum absolute atomic E-state index is 3.40. The van der Waals surface area contributed by atoms with Gasteiger partial charge < -0.3 is 10.2 Å². The standard InChI is InChI=1S/C11H20N2/c1-2-9(10-6-12-7-10)8-13(5-1)11-3-4-11/h9-12H,1-8H2. The first-order valence-electron chi connectivity index (χ1n) is 5.88. The Morgan fingerprint density at radius 3 is 2.46 bits per heavy atom. The van der Waals surface area contributed by atoms with Gasteiger partial charge in [-0.2, -0.15) is 0 Å². The van der Waals surface area contributed by atoms with Gasteiger partial charge in [0.05, 0.1) is 0 Å². The van der Waals surface area contributed by atoms with Crippen LogP contribution in [0.4, 0.5) is 0 Å². The van der Waals surface area contributed by atoms with E-state index in [-0.39, 0.29) is 0 Å². The third kappa shape index (κ3) is 1.62. The van der Waals surface area contributed by atoms with Crippen molar-refractivity contribution in [3.63, 3.8) is 0 Å². The summed E-state index contributed by atoms with van der Waals surface area (Å²) in [4.78, 5) is 2.76. The quantitative estimate of drug-likeness (QED) is 0.684. The van der Waals surface area contributed by atoms with Gasteiger partial charge in [-0.3, -0.25) is 0 Å². The number of piperidine rings is 1. The normalized spacial score (nSPS) is 37.4. The van der Waals surface area contributed by atoms with Crippen molar-refractivity contribution in [2.24, 2.45) is 11.8 Å². The number of likely N-dealkylation sites (tertiary alicyclic amines) is 1. The lowest BCUT2D eigenvalue weighted by molar-refractivity contribution is 0.103. The second-order valence-corrected chi connectivity index (χ2v) is 5.05. The van der Waals surface area contributed by atoms with E-state index in [1.54, 1.807) is 0 Å². The molecule has 2 aliphatic heterocycles. The van der Waals surface area contributed by atoms with Gasteiger partial charge in [0.1, 0.15) is 0 Å². The molecule has 0 aromatic heterocycles. The van der Waals surface area contributed by atoms with Crippen LogP contribution in [0, 0.1) is 11.8 Å². The van der Waals surface area contributed by atoms with Crippen molar-refractivity contribution in [3.8, 4) is 0 Å². The van der Waals surface area contributed by atoms with E-state index in [1.165, 1.54) is 51.9 Å². The molecule has 2 nitrogen and oxygen atoms in total. The summed E-state index contributed by atoms with van der Waals surface area (Å²) < 4.78 is 0. The van der Waals surface area contributed by atoms with Crippen LogP contribution in [0.1, 0.15) is 25.7 Å². The second kappa shape index (κ2) is 3.25. The van der Waals surface area contributed by atoms with E-state index in [4.69, 9.17) is 0 Å². The molecule has 1 N–H and O–H groups in total. The van der Waals surface area contributed by atoms with E-state index in [9.17, 15) is 0 Å². The van der Waals surface area contributed by atoms with Gasteiger partial charge in [0.25, 0.3) is 0 Å². The average molecular weight is 180 g/mol. The van der Waals surface area contributed by atoms with Gasteiger partial charge >= 0.3 is 0 Å². The molecule has 0 aromatic rings. The average Bonchev–Trinajstić information content (AvgIpc) is 2.83. The fraction of sp³-hybridized carbons (Fsp3) is 1.00. The van der Waals surface area contributed by atoms with Gasteiger partial charge in [0, 0.05) is 12.6 Å². The van der Waals surface area contributed by atoms with E-state index in [1.807, 2.05) is 0 Å². The molecule has 0 spiro atoms. The number of hydrogen-bond acceptors (Lipinski definition) is 2. The van der Waals surface area contributed by atoms with E-state index in [2.05, 4.69) is 10.2 Å². The molecule has 3 rings (SSSR count). The molecule has 1 atom stereocenters. The topological polar surface area (TPSA) is 15.3 Å². The lowest BCUT2D eigenvalue weighted by Crippen LogP contribution is -2.51. The number of hydrogen-bond donors (Lipinski definition) is 1. The summed E-state index contributed by atoms with van der Waals surface area (Å²) in [6.45, 7) is 5.39. The molecular weight excluding hydrogens is 160 g/mol. The van der Waals surface area contributed by atoms with Gasteiger partial charge in [-0.05, 0) is 57.2 Å². The summed E-state index contributed by atoms with van der Waals surface area (Å²) in [5, 5.41) is 3.40. The van der Waals surface area contributed by atoms with Crippen LogP contribution >= 0.6 is 0 Å². The molecule has 74 valence electrons. The van der Waals surface area contributed by atoms with Gasteiger partial charge in [0.2, 0.25) is 0 Å². The van der Waals surface area contributed by atoms with Crippen LogP contribution in [0.3, 0.4) is 0 Å². The molecule has 0 amide bonds. The van der Waals surface area contributed by atoms with Gasteiger partial charge in [-0.1, -0.05) is 0 Å². The van der Waals surface area contributed by atoms with Gasteiger partial charge in [0.15, 0.2) is 0 Å². The minimum Gasteiger partial charge on any atom is -0.316 e. The van der Waals surface area contributed by atoms with Crippen molar-refractivity contribution >= 4 is 0 Å². The number of nitrogens with zero attached hydrogens (tertiary/aromatic N) is 1. The van der Waals surface area contributed by atoms with Gasteiger partial charge in [-0.15, -0.1) is 0 Å². The summed E-state index contributed by atoms with van der Waals surface area (Å²) in [6, 6.07) is 0.996. The fourth-order valence-electron chi connectivity index (χ4n) is 2.84. The van der Waals surface area contributed by atoms with Crippen LogP contribution < -0.4 is 5.32 Å². The highest BCUT2D eigenvalue weighted by Crippen LogP contribution is 2.33. The molecule has 0 radical (unpaired) electrons. The van der Waals surface area contributed by atoms with E-state index in [0.29, 0.717) is 0 Å². The maximum atomic E-state index is 3.40. The Labute approximate surface area is 80.7 Å². The Morgan fingerprint density at radius 2 is 1.85 bits per heavy atom. The molecule has 3 fully saturated rings. The van der Waals surface area contributed by atoms with E-state index >= 15 is 0 Å². The Kier molecular flexibility index (Phi) is 2.06. The highest BCUT2D eigenvalue weighted by Gasteiger charge is 2.36. The van der Waals surface area contributed by atoms with Crippen LogP contribution in [0.25, 0.3) is 0 Å². The van der Waals surface area contributed by atoms with Crippen LogP contribution in [-0.4, -0.2) is 37.1 Å². The Balaban J connectivity index is 1.56. The summed E-state index contributed by atoms with van der Waals surface area (Å²) >= 11 is 0. The lowest BCUT2D eigenvalue weighted by atomic mass is 9.82. The summed E-state index contributed by atoms with van der Waals surface area (Å²) in [6.07, 6.45) is 5.92. The third-order valence-corrected chi connectivity index (χ3v) is 4.03. The zero-order valence-electron chi connectivity index (χ0n) is 8.34. The molecule has 0 aromatic carbocycles. The fourth-order valence-corrected chi connectivity index (χ4v) is 2.84. The molecule has 1 unspecified atom stereocenters. The molecule has 13 heavy (non-hydrogen) atoms. The van der Waals surface area contributed by atoms with Crippen molar-refractivity contribution in [2.45, 2.75) is 31.7 Å². The Morgan fingerprint density at radius 1 is 1.00 bits per heavy atom. The first-order valence-corrected chi connectivity index (χ1v) is 5.88. The zero-order valence-corrected chi connectivity index (χ0v) is 8.34. The largest absolute Gasteiger partial charge is 0.316 e. The molecule has 3 aliphatic rings. The highest BCUT2D eigenvalue weighted by molar-refractivity contribution is 4.91. The molecule has 1 aliphatic carbocycles. The van der Waals surface area contributed by atoms with Crippen molar-refractivity contribution in [3.05, 3.63) is 0 Å². The molecular formula is C11H20N2. The lowest BCUT2D eigenvalue weighted by Gasteiger charge is -2.41. The Bertz CT molecular complexity index is 185. The third-order valence-electron chi connectivity index (χ3n) is 4.03. The molecule has 1 saturated carbocycles. The van der Waals surface area contributed by atoms with Crippen LogP contribution in [0.5, 0.6) is 0 Å². The first kappa shape index (κ1) is 8.25. The Hall–Kier alpha value is -0.0800. The second-order valence-electron chi connectivity index (χ2n) is 5.05. The highest BCUT2D eigenvalue weighted by atomic mass is 15.2. The molecule has 2 heterocycles.